The Kier molecular flexibility index (Phi) is 4.00. The van der Waals surface area contributed by atoms with Crippen molar-refractivity contribution < 1.29 is 9.47 Å². The van der Waals surface area contributed by atoms with Crippen molar-refractivity contribution in [2.75, 3.05) is 26.2 Å². The van der Waals surface area contributed by atoms with Crippen LogP contribution in [0.1, 0.15) is 33.1 Å². The van der Waals surface area contributed by atoms with Crippen molar-refractivity contribution in [2.45, 2.75) is 51.4 Å². The number of morpholine rings is 1. The zero-order valence-corrected chi connectivity index (χ0v) is 9.95. The Morgan fingerprint density at radius 3 is 2.47 bits per heavy atom. The van der Waals surface area contributed by atoms with Gasteiger partial charge in [-0.15, -0.1) is 0 Å². The molecule has 0 radical (unpaired) electrons. The summed E-state index contributed by atoms with van der Waals surface area (Å²) in [4.78, 5) is 2.49. The third kappa shape index (κ3) is 3.44. The lowest BCUT2D eigenvalue weighted by Crippen LogP contribution is -2.48. The maximum Gasteiger partial charge on any atom is 0.0702 e. The van der Waals surface area contributed by atoms with Crippen molar-refractivity contribution in [2.24, 2.45) is 0 Å². The first-order valence-corrected chi connectivity index (χ1v) is 6.23. The molecule has 0 aromatic carbocycles. The van der Waals surface area contributed by atoms with E-state index in [0.29, 0.717) is 18.3 Å². The first-order valence-electron chi connectivity index (χ1n) is 6.23. The van der Waals surface area contributed by atoms with Gasteiger partial charge in [-0.2, -0.15) is 0 Å². The molecular formula is C12H23NO2. The minimum Gasteiger partial charge on any atom is -0.377 e. The monoisotopic (exact) mass is 213 g/mol. The van der Waals surface area contributed by atoms with E-state index in [0.717, 1.165) is 26.2 Å². The number of nitrogens with zero attached hydrogens (tertiary/aromatic N) is 1. The maximum atomic E-state index is 5.77. The number of rotatable bonds is 2. The van der Waals surface area contributed by atoms with Crippen LogP contribution in [-0.2, 0) is 9.47 Å². The summed E-state index contributed by atoms with van der Waals surface area (Å²) in [6.45, 7) is 8.49. The van der Waals surface area contributed by atoms with Crippen LogP contribution in [0.3, 0.4) is 0 Å². The van der Waals surface area contributed by atoms with Gasteiger partial charge in [0.1, 0.15) is 0 Å². The molecule has 2 aliphatic rings. The molecule has 3 unspecified atom stereocenters. The summed E-state index contributed by atoms with van der Waals surface area (Å²) in [5.74, 6) is 0. The number of hydrogen-bond acceptors (Lipinski definition) is 3. The second-order valence-corrected chi connectivity index (χ2v) is 4.96. The molecule has 0 amide bonds. The van der Waals surface area contributed by atoms with E-state index in [1.54, 1.807) is 0 Å². The van der Waals surface area contributed by atoms with Crippen molar-refractivity contribution in [1.82, 2.24) is 4.90 Å². The van der Waals surface area contributed by atoms with Crippen molar-refractivity contribution in [3.63, 3.8) is 0 Å². The summed E-state index contributed by atoms with van der Waals surface area (Å²) in [6.07, 6.45) is 5.03. The Morgan fingerprint density at radius 1 is 1.13 bits per heavy atom. The highest BCUT2D eigenvalue weighted by Crippen LogP contribution is 2.17. The van der Waals surface area contributed by atoms with Gasteiger partial charge in [-0.1, -0.05) is 0 Å². The van der Waals surface area contributed by atoms with Gasteiger partial charge in [0, 0.05) is 26.2 Å². The summed E-state index contributed by atoms with van der Waals surface area (Å²) >= 11 is 0. The largest absolute Gasteiger partial charge is 0.377 e. The quantitative estimate of drug-likeness (QED) is 0.696. The van der Waals surface area contributed by atoms with Gasteiger partial charge in [0.15, 0.2) is 0 Å². The summed E-state index contributed by atoms with van der Waals surface area (Å²) in [7, 11) is 0. The van der Waals surface area contributed by atoms with Gasteiger partial charge in [0.2, 0.25) is 0 Å². The molecule has 0 bridgehead atoms. The maximum absolute atomic E-state index is 5.77. The number of hydrogen-bond donors (Lipinski definition) is 0. The van der Waals surface area contributed by atoms with E-state index in [1.165, 1.54) is 19.3 Å². The highest BCUT2D eigenvalue weighted by Gasteiger charge is 2.25. The van der Waals surface area contributed by atoms with Crippen LogP contribution in [0, 0.1) is 0 Å². The Bertz CT molecular complexity index is 182. The molecule has 2 fully saturated rings. The molecule has 0 aliphatic carbocycles. The van der Waals surface area contributed by atoms with E-state index in [4.69, 9.17) is 9.47 Å². The molecule has 0 N–H and O–H groups in total. The normalized spacial score (nSPS) is 39.2. The van der Waals surface area contributed by atoms with E-state index in [1.807, 2.05) is 0 Å². The van der Waals surface area contributed by atoms with Gasteiger partial charge in [-0.05, 0) is 33.1 Å². The molecule has 3 atom stereocenters. The van der Waals surface area contributed by atoms with Crippen LogP contribution in [0.4, 0.5) is 0 Å². The fourth-order valence-corrected chi connectivity index (χ4v) is 2.67. The molecule has 0 aromatic heterocycles. The second-order valence-electron chi connectivity index (χ2n) is 4.96. The summed E-state index contributed by atoms with van der Waals surface area (Å²) in [5, 5.41) is 0. The SMILES string of the molecule is CC1CN(CC2CCCCO2)CC(C)O1. The van der Waals surface area contributed by atoms with Crippen LogP contribution >= 0.6 is 0 Å². The molecule has 0 spiro atoms. The van der Waals surface area contributed by atoms with Crippen LogP contribution < -0.4 is 0 Å². The van der Waals surface area contributed by atoms with Crippen molar-refractivity contribution in [1.29, 1.82) is 0 Å². The number of ether oxygens (including phenoxy) is 2. The topological polar surface area (TPSA) is 21.7 Å². The van der Waals surface area contributed by atoms with Gasteiger partial charge < -0.3 is 9.47 Å². The van der Waals surface area contributed by atoms with E-state index in [9.17, 15) is 0 Å². The average molecular weight is 213 g/mol. The molecule has 88 valence electrons. The summed E-state index contributed by atoms with van der Waals surface area (Å²) in [5.41, 5.74) is 0. The third-order valence-corrected chi connectivity index (χ3v) is 3.23. The van der Waals surface area contributed by atoms with Crippen LogP contribution in [0.2, 0.25) is 0 Å². The summed E-state index contributed by atoms with van der Waals surface area (Å²) < 4.78 is 11.5. The zero-order valence-electron chi connectivity index (χ0n) is 9.95. The van der Waals surface area contributed by atoms with Crippen LogP contribution in [0.5, 0.6) is 0 Å². The van der Waals surface area contributed by atoms with Gasteiger partial charge >= 0.3 is 0 Å². The van der Waals surface area contributed by atoms with Crippen LogP contribution in [0.15, 0.2) is 0 Å². The highest BCUT2D eigenvalue weighted by molar-refractivity contribution is 4.77. The van der Waals surface area contributed by atoms with Crippen molar-refractivity contribution in [3.05, 3.63) is 0 Å². The highest BCUT2D eigenvalue weighted by atomic mass is 16.5. The zero-order chi connectivity index (χ0) is 10.7. The standard InChI is InChI=1S/C12H23NO2/c1-10-7-13(8-11(2)15-10)9-12-5-3-4-6-14-12/h10-12H,3-9H2,1-2H3. The van der Waals surface area contributed by atoms with Gasteiger partial charge in [0.25, 0.3) is 0 Å². The molecule has 0 aromatic rings. The molecule has 2 aliphatic heterocycles. The lowest BCUT2D eigenvalue weighted by atomic mass is 10.1. The second kappa shape index (κ2) is 5.28. The predicted molar refractivity (Wildman–Crippen MR) is 60.0 cm³/mol. The molecule has 3 nitrogen and oxygen atoms in total. The smallest absolute Gasteiger partial charge is 0.0702 e. The third-order valence-electron chi connectivity index (χ3n) is 3.23. The molecule has 3 heteroatoms. The van der Waals surface area contributed by atoms with Crippen molar-refractivity contribution >= 4 is 0 Å². The van der Waals surface area contributed by atoms with Crippen LogP contribution in [0.25, 0.3) is 0 Å². The van der Waals surface area contributed by atoms with E-state index in [-0.39, 0.29) is 0 Å². The molecular weight excluding hydrogens is 190 g/mol. The Balaban J connectivity index is 1.77. The Morgan fingerprint density at radius 2 is 1.87 bits per heavy atom. The minimum absolute atomic E-state index is 0.373. The van der Waals surface area contributed by atoms with Gasteiger partial charge in [-0.3, -0.25) is 4.90 Å². The van der Waals surface area contributed by atoms with Crippen LogP contribution in [-0.4, -0.2) is 49.5 Å². The first kappa shape index (κ1) is 11.4. The van der Waals surface area contributed by atoms with E-state index >= 15 is 0 Å². The molecule has 2 rings (SSSR count). The van der Waals surface area contributed by atoms with E-state index < -0.39 is 0 Å². The fraction of sp³-hybridized carbons (Fsp3) is 1.00. The fourth-order valence-electron chi connectivity index (χ4n) is 2.67. The van der Waals surface area contributed by atoms with Crippen molar-refractivity contribution in [3.8, 4) is 0 Å². The average Bonchev–Trinajstić information content (AvgIpc) is 2.17. The predicted octanol–water partition coefficient (Wildman–Crippen LogP) is 1.66. The summed E-state index contributed by atoms with van der Waals surface area (Å²) in [6, 6.07) is 0. The minimum atomic E-state index is 0.373. The Labute approximate surface area is 92.7 Å². The molecule has 2 heterocycles. The Hall–Kier alpha value is -0.120. The lowest BCUT2D eigenvalue weighted by molar-refractivity contribution is -0.0872. The lowest BCUT2D eigenvalue weighted by Gasteiger charge is -2.37. The first-order chi connectivity index (χ1) is 7.24. The van der Waals surface area contributed by atoms with E-state index in [2.05, 4.69) is 18.7 Å². The van der Waals surface area contributed by atoms with Gasteiger partial charge in [0.05, 0.1) is 18.3 Å². The molecule has 2 saturated heterocycles. The van der Waals surface area contributed by atoms with Gasteiger partial charge in [-0.25, -0.2) is 0 Å². The molecule has 0 saturated carbocycles. The molecule has 15 heavy (non-hydrogen) atoms.